The van der Waals surface area contributed by atoms with Crippen LogP contribution >= 0.6 is 11.8 Å². The van der Waals surface area contributed by atoms with E-state index in [1.54, 1.807) is 7.11 Å². The molecule has 0 aliphatic heterocycles. The smallest absolute Gasteiger partial charge is 0.176 e. The lowest BCUT2D eigenvalue weighted by Crippen LogP contribution is -2.43. The average Bonchev–Trinajstić information content (AvgIpc) is 2.90. The van der Waals surface area contributed by atoms with Gasteiger partial charge in [0.25, 0.3) is 0 Å². The lowest BCUT2D eigenvalue weighted by atomic mass is 9.84. The van der Waals surface area contributed by atoms with Gasteiger partial charge < -0.3 is 14.5 Å². The van der Waals surface area contributed by atoms with Crippen molar-refractivity contribution in [3.8, 4) is 5.75 Å². The number of benzene rings is 1. The number of nitrogens with one attached hydrogen (secondary N) is 1. The van der Waals surface area contributed by atoms with Gasteiger partial charge in [0.1, 0.15) is 5.76 Å². The van der Waals surface area contributed by atoms with Crippen molar-refractivity contribution in [2.24, 2.45) is 0 Å². The summed E-state index contributed by atoms with van der Waals surface area (Å²) in [6.07, 6.45) is 6.22. The molecule has 0 bridgehead atoms. The zero-order valence-electron chi connectivity index (χ0n) is 12.9. The van der Waals surface area contributed by atoms with E-state index in [4.69, 9.17) is 9.15 Å². The number of ether oxygens (including phenoxy) is 1. The van der Waals surface area contributed by atoms with E-state index in [-0.39, 0.29) is 6.04 Å². The number of furan rings is 1. The van der Waals surface area contributed by atoms with E-state index < -0.39 is 0 Å². The first kappa shape index (κ1) is 14.8. The number of thioether (sulfide) groups is 1. The van der Waals surface area contributed by atoms with Crippen LogP contribution in [0.2, 0.25) is 0 Å². The molecule has 0 amide bonds. The molecule has 1 aliphatic rings. The minimum atomic E-state index is 0.215. The predicted molar refractivity (Wildman–Crippen MR) is 89.3 cm³/mol. The molecule has 1 atom stereocenters. The fraction of sp³-hybridized carbons (Fsp3) is 0.529. The van der Waals surface area contributed by atoms with E-state index in [1.165, 1.54) is 19.3 Å². The van der Waals surface area contributed by atoms with Gasteiger partial charge in [0.15, 0.2) is 11.3 Å². The normalized spacial score (nSPS) is 18.4. The summed E-state index contributed by atoms with van der Waals surface area (Å²) in [6, 6.07) is 8.32. The van der Waals surface area contributed by atoms with Gasteiger partial charge >= 0.3 is 0 Å². The van der Waals surface area contributed by atoms with Crippen LogP contribution in [-0.4, -0.2) is 24.7 Å². The van der Waals surface area contributed by atoms with Crippen LogP contribution in [0.15, 0.2) is 28.7 Å². The first-order valence-corrected chi connectivity index (χ1v) is 8.75. The van der Waals surface area contributed by atoms with Crippen LogP contribution in [0.3, 0.4) is 0 Å². The second-order valence-corrected chi connectivity index (χ2v) is 7.14. The monoisotopic (exact) mass is 305 g/mol. The molecule has 114 valence electrons. The quantitative estimate of drug-likeness (QED) is 0.859. The lowest BCUT2D eigenvalue weighted by molar-refractivity contribution is 0.324. The number of hydrogen-bond donors (Lipinski definition) is 1. The molecule has 1 heterocycles. The van der Waals surface area contributed by atoms with Crippen molar-refractivity contribution >= 4 is 22.7 Å². The Morgan fingerprint density at radius 3 is 2.86 bits per heavy atom. The van der Waals surface area contributed by atoms with Gasteiger partial charge in [0.05, 0.1) is 13.2 Å². The molecular weight excluding hydrogens is 282 g/mol. The average molecular weight is 305 g/mol. The molecule has 1 fully saturated rings. The largest absolute Gasteiger partial charge is 0.493 e. The second-order valence-electron chi connectivity index (χ2n) is 5.87. The van der Waals surface area contributed by atoms with Crippen molar-refractivity contribution in [2.75, 3.05) is 19.9 Å². The van der Waals surface area contributed by atoms with Crippen molar-refractivity contribution in [3.63, 3.8) is 0 Å². The van der Waals surface area contributed by atoms with E-state index in [2.05, 4.69) is 30.6 Å². The third kappa shape index (κ3) is 2.79. The van der Waals surface area contributed by atoms with Gasteiger partial charge in [-0.25, -0.2) is 0 Å². The Kier molecular flexibility index (Phi) is 4.18. The maximum Gasteiger partial charge on any atom is 0.176 e. The number of rotatable bonds is 6. The SMILES string of the molecule is COc1cccc2cc(C(C)NCC3(SC)CCC3)oc12. The van der Waals surface area contributed by atoms with E-state index in [1.807, 2.05) is 23.9 Å². The molecule has 1 unspecified atom stereocenters. The van der Waals surface area contributed by atoms with Gasteiger partial charge in [-0.3, -0.25) is 0 Å². The number of hydrogen-bond acceptors (Lipinski definition) is 4. The van der Waals surface area contributed by atoms with Gasteiger partial charge in [-0.1, -0.05) is 18.6 Å². The molecule has 1 aliphatic carbocycles. The fourth-order valence-electron chi connectivity index (χ4n) is 2.89. The first-order chi connectivity index (χ1) is 10.2. The second kappa shape index (κ2) is 5.93. The summed E-state index contributed by atoms with van der Waals surface area (Å²) in [7, 11) is 1.68. The molecule has 1 aromatic heterocycles. The van der Waals surface area contributed by atoms with Gasteiger partial charge in [-0.2, -0.15) is 11.8 Å². The maximum atomic E-state index is 6.01. The first-order valence-electron chi connectivity index (χ1n) is 7.52. The molecule has 0 spiro atoms. The summed E-state index contributed by atoms with van der Waals surface area (Å²) in [6.45, 7) is 3.21. The Balaban J connectivity index is 1.74. The third-order valence-corrected chi connectivity index (χ3v) is 6.02. The summed E-state index contributed by atoms with van der Waals surface area (Å²) in [4.78, 5) is 0. The Bertz CT molecular complexity index is 613. The molecule has 4 heteroatoms. The molecule has 3 rings (SSSR count). The fourth-order valence-corrected chi connectivity index (χ4v) is 3.82. The molecular formula is C17H23NO2S. The van der Waals surface area contributed by atoms with Crippen molar-refractivity contribution in [1.82, 2.24) is 5.32 Å². The summed E-state index contributed by atoms with van der Waals surface area (Å²) in [5.41, 5.74) is 0.840. The topological polar surface area (TPSA) is 34.4 Å². The maximum absolute atomic E-state index is 6.01. The minimum absolute atomic E-state index is 0.215. The number of fused-ring (bicyclic) bond motifs is 1. The summed E-state index contributed by atoms with van der Waals surface area (Å²) in [5, 5.41) is 4.73. The van der Waals surface area contributed by atoms with Crippen LogP contribution < -0.4 is 10.1 Å². The molecule has 1 N–H and O–H groups in total. The van der Waals surface area contributed by atoms with Crippen LogP contribution in [0.1, 0.15) is 38.0 Å². The Labute approximate surface area is 130 Å². The van der Waals surface area contributed by atoms with E-state index in [0.717, 1.165) is 29.0 Å². The highest BCUT2D eigenvalue weighted by Crippen LogP contribution is 2.42. The highest BCUT2D eigenvalue weighted by atomic mass is 32.2. The van der Waals surface area contributed by atoms with Crippen LogP contribution in [0.5, 0.6) is 5.75 Å². The molecule has 1 saturated carbocycles. The van der Waals surface area contributed by atoms with Crippen molar-refractivity contribution in [2.45, 2.75) is 37.0 Å². The molecule has 3 nitrogen and oxygen atoms in total. The summed E-state index contributed by atoms with van der Waals surface area (Å²) in [5.74, 6) is 1.77. The standard InChI is InChI=1S/C17H23NO2S/c1-12(18-11-17(21-3)8-5-9-17)15-10-13-6-4-7-14(19-2)16(13)20-15/h4,6-7,10,12,18H,5,8-9,11H2,1-3H3. The Morgan fingerprint density at radius 1 is 1.43 bits per heavy atom. The van der Waals surface area contributed by atoms with Crippen molar-refractivity contribution < 1.29 is 9.15 Å². The zero-order valence-corrected chi connectivity index (χ0v) is 13.8. The van der Waals surface area contributed by atoms with Gasteiger partial charge in [-0.05, 0) is 38.2 Å². The van der Waals surface area contributed by atoms with Crippen LogP contribution in [0.25, 0.3) is 11.0 Å². The highest BCUT2D eigenvalue weighted by molar-refractivity contribution is 8.00. The lowest BCUT2D eigenvalue weighted by Gasteiger charge is -2.41. The van der Waals surface area contributed by atoms with Crippen LogP contribution in [-0.2, 0) is 0 Å². The molecule has 2 aromatic rings. The van der Waals surface area contributed by atoms with Gasteiger partial charge in [-0.15, -0.1) is 0 Å². The zero-order chi connectivity index (χ0) is 14.9. The minimum Gasteiger partial charge on any atom is -0.493 e. The predicted octanol–water partition coefficient (Wildman–Crippen LogP) is 4.38. The summed E-state index contributed by atoms with van der Waals surface area (Å²) >= 11 is 1.99. The van der Waals surface area contributed by atoms with Gasteiger partial charge in [0.2, 0.25) is 0 Å². The molecule has 0 radical (unpaired) electrons. The number of methoxy groups -OCH3 is 1. The molecule has 21 heavy (non-hydrogen) atoms. The Hall–Kier alpha value is -1.13. The Morgan fingerprint density at radius 2 is 2.24 bits per heavy atom. The van der Waals surface area contributed by atoms with E-state index >= 15 is 0 Å². The number of para-hydroxylation sites is 1. The van der Waals surface area contributed by atoms with Gasteiger partial charge in [0, 0.05) is 16.7 Å². The summed E-state index contributed by atoms with van der Waals surface area (Å²) < 4.78 is 11.8. The molecule has 1 aromatic carbocycles. The van der Waals surface area contributed by atoms with E-state index in [9.17, 15) is 0 Å². The molecule has 0 saturated heterocycles. The van der Waals surface area contributed by atoms with Crippen LogP contribution in [0, 0.1) is 0 Å². The van der Waals surface area contributed by atoms with Crippen molar-refractivity contribution in [1.29, 1.82) is 0 Å². The van der Waals surface area contributed by atoms with Crippen LogP contribution in [0.4, 0.5) is 0 Å². The van der Waals surface area contributed by atoms with Crippen molar-refractivity contribution in [3.05, 3.63) is 30.0 Å². The third-order valence-electron chi connectivity index (χ3n) is 4.60. The van der Waals surface area contributed by atoms with E-state index in [0.29, 0.717) is 4.75 Å². The highest BCUT2D eigenvalue weighted by Gasteiger charge is 2.36.